The van der Waals surface area contributed by atoms with Gasteiger partial charge in [0.1, 0.15) is 0 Å². The van der Waals surface area contributed by atoms with Gasteiger partial charge in [0.05, 0.1) is 15.9 Å². The molecule has 0 amide bonds. The molecule has 0 aliphatic heterocycles. The molecule has 3 nitrogen and oxygen atoms in total. The number of rotatable bonds is 2. The standard InChI is InChI=1S/C26H29NO2S/c1-25(2,3)17-10-12-23-21(14-17)22-15-18(26(4,5)6)11-13-24(22)27(23)19-8-7-9-20(16-19)30(28)29/h7-16H,1-6H3,(H,28,29). The topological polar surface area (TPSA) is 42.2 Å². The molecule has 0 saturated carbocycles. The third kappa shape index (κ3) is 3.59. The van der Waals surface area contributed by atoms with Crippen LogP contribution in [0.1, 0.15) is 52.7 Å². The van der Waals surface area contributed by atoms with Crippen LogP contribution in [-0.2, 0) is 21.9 Å². The van der Waals surface area contributed by atoms with Gasteiger partial charge in [-0.2, -0.15) is 0 Å². The Balaban J connectivity index is 2.11. The molecule has 0 aliphatic rings. The zero-order chi connectivity index (χ0) is 21.8. The summed E-state index contributed by atoms with van der Waals surface area (Å²) in [7, 11) is 0. The highest BCUT2D eigenvalue weighted by Crippen LogP contribution is 2.37. The van der Waals surface area contributed by atoms with Crippen LogP contribution < -0.4 is 0 Å². The number of aromatic nitrogens is 1. The Hall–Kier alpha value is -2.43. The lowest BCUT2D eigenvalue weighted by molar-refractivity contribution is 0.564. The molecule has 0 aliphatic carbocycles. The van der Waals surface area contributed by atoms with E-state index in [9.17, 15) is 8.76 Å². The van der Waals surface area contributed by atoms with Crippen molar-refractivity contribution < 1.29 is 8.76 Å². The largest absolute Gasteiger partial charge is 0.309 e. The van der Waals surface area contributed by atoms with E-state index >= 15 is 0 Å². The lowest BCUT2D eigenvalue weighted by atomic mass is 9.85. The van der Waals surface area contributed by atoms with Gasteiger partial charge in [0, 0.05) is 16.5 Å². The van der Waals surface area contributed by atoms with Crippen molar-refractivity contribution in [2.45, 2.75) is 57.3 Å². The summed E-state index contributed by atoms with van der Waals surface area (Å²) in [5.41, 5.74) is 5.79. The van der Waals surface area contributed by atoms with Crippen molar-refractivity contribution in [3.63, 3.8) is 0 Å². The van der Waals surface area contributed by atoms with Gasteiger partial charge in [-0.05, 0) is 64.4 Å². The molecule has 4 heteroatoms. The first kappa shape index (κ1) is 20.8. The number of hydrogen-bond donors (Lipinski definition) is 1. The summed E-state index contributed by atoms with van der Waals surface area (Å²) in [5.74, 6) is 0. The van der Waals surface area contributed by atoms with Crippen LogP contribution in [-0.4, -0.2) is 13.3 Å². The molecule has 0 saturated heterocycles. The molecule has 4 rings (SSSR count). The molecule has 1 N–H and O–H groups in total. The summed E-state index contributed by atoms with van der Waals surface area (Å²) in [6.45, 7) is 13.4. The van der Waals surface area contributed by atoms with Crippen molar-refractivity contribution >= 4 is 32.9 Å². The van der Waals surface area contributed by atoms with Gasteiger partial charge < -0.3 is 9.12 Å². The fourth-order valence-electron chi connectivity index (χ4n) is 3.97. The van der Waals surface area contributed by atoms with E-state index in [0.29, 0.717) is 4.90 Å². The lowest BCUT2D eigenvalue weighted by Crippen LogP contribution is -2.10. The lowest BCUT2D eigenvalue weighted by Gasteiger charge is -2.19. The van der Waals surface area contributed by atoms with Crippen molar-refractivity contribution in [2.24, 2.45) is 0 Å². The van der Waals surface area contributed by atoms with E-state index in [4.69, 9.17) is 0 Å². The Morgan fingerprint density at radius 3 is 1.67 bits per heavy atom. The predicted molar refractivity (Wildman–Crippen MR) is 127 cm³/mol. The van der Waals surface area contributed by atoms with E-state index in [-0.39, 0.29) is 10.8 Å². The van der Waals surface area contributed by atoms with E-state index in [1.54, 1.807) is 12.1 Å². The van der Waals surface area contributed by atoms with Crippen LogP contribution in [0.5, 0.6) is 0 Å². The Labute approximate surface area is 181 Å². The monoisotopic (exact) mass is 419 g/mol. The second-order valence-corrected chi connectivity index (χ2v) is 11.0. The van der Waals surface area contributed by atoms with E-state index in [1.165, 1.54) is 21.9 Å². The molecule has 3 aromatic carbocycles. The highest BCUT2D eigenvalue weighted by molar-refractivity contribution is 7.79. The molecule has 1 atom stereocenters. The van der Waals surface area contributed by atoms with Crippen molar-refractivity contribution in [3.05, 3.63) is 71.8 Å². The van der Waals surface area contributed by atoms with E-state index < -0.39 is 11.1 Å². The molecule has 0 bridgehead atoms. The summed E-state index contributed by atoms with van der Waals surface area (Å²) >= 11 is -2.01. The summed E-state index contributed by atoms with van der Waals surface area (Å²) in [5, 5.41) is 2.41. The second-order valence-electron chi connectivity index (χ2n) is 10.0. The van der Waals surface area contributed by atoms with Crippen LogP contribution in [0.2, 0.25) is 0 Å². The van der Waals surface area contributed by atoms with Crippen LogP contribution in [0, 0.1) is 0 Å². The van der Waals surface area contributed by atoms with Gasteiger partial charge in [-0.15, -0.1) is 0 Å². The maximum absolute atomic E-state index is 11.7. The van der Waals surface area contributed by atoms with E-state index in [0.717, 1.165) is 16.7 Å². The summed E-state index contributed by atoms with van der Waals surface area (Å²) in [6, 6.07) is 20.6. The third-order valence-electron chi connectivity index (χ3n) is 5.77. The first-order valence-electron chi connectivity index (χ1n) is 10.3. The molecule has 1 unspecified atom stereocenters. The minimum absolute atomic E-state index is 0.0535. The number of nitrogens with zero attached hydrogens (tertiary/aromatic N) is 1. The van der Waals surface area contributed by atoms with Crippen molar-refractivity contribution in [1.29, 1.82) is 0 Å². The van der Waals surface area contributed by atoms with Crippen LogP contribution in [0.25, 0.3) is 27.5 Å². The first-order chi connectivity index (χ1) is 14.0. The number of fused-ring (bicyclic) bond motifs is 3. The normalized spacial score (nSPS) is 13.8. The van der Waals surface area contributed by atoms with Crippen LogP contribution >= 0.6 is 0 Å². The summed E-state index contributed by atoms with van der Waals surface area (Å²) in [4.78, 5) is 0.403. The fourth-order valence-corrected chi connectivity index (χ4v) is 4.38. The minimum atomic E-state index is -2.01. The van der Waals surface area contributed by atoms with Crippen molar-refractivity contribution in [2.75, 3.05) is 0 Å². The van der Waals surface area contributed by atoms with Crippen LogP contribution in [0.3, 0.4) is 0 Å². The Morgan fingerprint density at radius 2 is 1.23 bits per heavy atom. The van der Waals surface area contributed by atoms with Crippen molar-refractivity contribution in [1.82, 2.24) is 4.57 Å². The SMILES string of the molecule is CC(C)(C)c1ccc2c(c1)c1cc(C(C)(C)C)ccc1n2-c1cccc(S(=O)O)c1. The molecule has 0 fully saturated rings. The second kappa shape index (κ2) is 7.07. The third-order valence-corrected chi connectivity index (χ3v) is 6.43. The molecule has 1 aromatic heterocycles. The predicted octanol–water partition coefficient (Wildman–Crippen LogP) is 6.96. The molecule has 30 heavy (non-hydrogen) atoms. The van der Waals surface area contributed by atoms with Gasteiger partial charge in [0.2, 0.25) is 0 Å². The molecule has 4 aromatic rings. The van der Waals surface area contributed by atoms with Crippen molar-refractivity contribution in [3.8, 4) is 5.69 Å². The number of benzene rings is 3. The van der Waals surface area contributed by atoms with Crippen LogP contribution in [0.4, 0.5) is 0 Å². The average molecular weight is 420 g/mol. The highest BCUT2D eigenvalue weighted by Gasteiger charge is 2.20. The summed E-state index contributed by atoms with van der Waals surface area (Å²) in [6.07, 6.45) is 0. The van der Waals surface area contributed by atoms with Gasteiger partial charge >= 0.3 is 0 Å². The van der Waals surface area contributed by atoms with Gasteiger partial charge in [-0.1, -0.05) is 59.7 Å². The minimum Gasteiger partial charge on any atom is -0.309 e. The van der Waals surface area contributed by atoms with Gasteiger partial charge in [0.25, 0.3) is 0 Å². The molecular weight excluding hydrogens is 390 g/mol. The maximum Gasteiger partial charge on any atom is 0.186 e. The molecular formula is C26H29NO2S. The average Bonchev–Trinajstić information content (AvgIpc) is 2.99. The molecule has 156 valence electrons. The molecule has 0 radical (unpaired) electrons. The molecule has 1 heterocycles. The number of hydrogen-bond acceptors (Lipinski definition) is 1. The maximum atomic E-state index is 11.7. The Morgan fingerprint density at radius 1 is 0.733 bits per heavy atom. The van der Waals surface area contributed by atoms with Gasteiger partial charge in [-0.25, -0.2) is 4.21 Å². The fraction of sp³-hybridized carbons (Fsp3) is 0.308. The highest BCUT2D eigenvalue weighted by atomic mass is 32.2. The summed E-state index contributed by atoms with van der Waals surface area (Å²) < 4.78 is 23.4. The smallest absolute Gasteiger partial charge is 0.186 e. The van der Waals surface area contributed by atoms with Gasteiger partial charge in [-0.3, -0.25) is 0 Å². The zero-order valence-electron chi connectivity index (χ0n) is 18.5. The van der Waals surface area contributed by atoms with E-state index in [1.807, 2.05) is 12.1 Å². The Kier molecular flexibility index (Phi) is 4.91. The zero-order valence-corrected chi connectivity index (χ0v) is 19.3. The molecule has 0 spiro atoms. The Bertz CT molecular complexity index is 1220. The van der Waals surface area contributed by atoms with Crippen LogP contribution in [0.15, 0.2) is 65.6 Å². The quantitative estimate of drug-likeness (QED) is 0.357. The van der Waals surface area contributed by atoms with Gasteiger partial charge in [0.15, 0.2) is 11.1 Å². The van der Waals surface area contributed by atoms with E-state index in [2.05, 4.69) is 82.5 Å². The first-order valence-corrected chi connectivity index (χ1v) is 11.4.